The van der Waals surface area contributed by atoms with Crippen molar-refractivity contribution in [1.29, 1.82) is 0 Å². The van der Waals surface area contributed by atoms with Gasteiger partial charge in [-0.15, -0.1) is 0 Å². The quantitative estimate of drug-likeness (QED) is 0.607. The molecule has 0 spiro atoms. The van der Waals surface area contributed by atoms with Crippen molar-refractivity contribution in [3.63, 3.8) is 0 Å². The highest BCUT2D eigenvalue weighted by molar-refractivity contribution is 7.91. The molecule has 0 aromatic heterocycles. The summed E-state index contributed by atoms with van der Waals surface area (Å²) in [5.41, 5.74) is 2.18. The van der Waals surface area contributed by atoms with Gasteiger partial charge in [0, 0.05) is 5.56 Å². The van der Waals surface area contributed by atoms with Crippen molar-refractivity contribution >= 4 is 17.1 Å². The normalized spacial score (nSPS) is 14.7. The number of halogens is 1. The maximum absolute atomic E-state index is 13.2. The zero-order valence-corrected chi connectivity index (χ0v) is 12.4. The third kappa shape index (κ3) is 3.82. The van der Waals surface area contributed by atoms with Crippen molar-refractivity contribution < 1.29 is 8.94 Å². The van der Waals surface area contributed by atoms with E-state index in [1.54, 1.807) is 19.1 Å². The molecule has 1 aromatic carbocycles. The summed E-state index contributed by atoms with van der Waals surface area (Å²) in [6.07, 6.45) is 0.674. The Bertz CT molecular complexity index is 452. The minimum Gasteiger partial charge on any atom is -0.591 e. The van der Waals surface area contributed by atoms with E-state index in [9.17, 15) is 8.94 Å². The van der Waals surface area contributed by atoms with Crippen LogP contribution < -0.4 is 0 Å². The van der Waals surface area contributed by atoms with Crippen molar-refractivity contribution in [3.8, 4) is 0 Å². The van der Waals surface area contributed by atoms with Crippen LogP contribution in [0.4, 0.5) is 4.39 Å². The van der Waals surface area contributed by atoms with Gasteiger partial charge in [0.2, 0.25) is 0 Å². The first kappa shape index (κ1) is 15.2. The molecule has 0 fully saturated rings. The summed E-state index contributed by atoms with van der Waals surface area (Å²) in [6, 6.07) is 4.86. The fourth-order valence-corrected chi connectivity index (χ4v) is 2.09. The van der Waals surface area contributed by atoms with Gasteiger partial charge in [-0.25, -0.2) is 4.39 Å². The molecule has 100 valence electrons. The predicted molar refractivity (Wildman–Crippen MR) is 75.9 cm³/mol. The highest BCUT2D eigenvalue weighted by Crippen LogP contribution is 2.20. The number of rotatable bonds is 3. The molecule has 0 saturated carbocycles. The van der Waals surface area contributed by atoms with Crippen LogP contribution >= 0.6 is 0 Å². The van der Waals surface area contributed by atoms with E-state index in [4.69, 9.17) is 0 Å². The summed E-state index contributed by atoms with van der Waals surface area (Å²) < 4.78 is 29.1. The van der Waals surface area contributed by atoms with Crippen LogP contribution in [-0.2, 0) is 11.4 Å². The van der Waals surface area contributed by atoms with Crippen LogP contribution in [0.15, 0.2) is 22.6 Å². The summed E-state index contributed by atoms with van der Waals surface area (Å²) in [5, 5.41) is 0. The topological polar surface area (TPSA) is 35.4 Å². The van der Waals surface area contributed by atoms with Crippen molar-refractivity contribution in [3.05, 3.63) is 35.1 Å². The molecule has 0 radical (unpaired) electrons. The lowest BCUT2D eigenvalue weighted by Gasteiger charge is -2.19. The third-order valence-electron chi connectivity index (χ3n) is 2.54. The zero-order chi connectivity index (χ0) is 13.9. The first-order chi connectivity index (χ1) is 8.25. The van der Waals surface area contributed by atoms with E-state index in [1.807, 2.05) is 27.7 Å². The Labute approximate surface area is 112 Å². The molecule has 0 aliphatic heterocycles. The highest BCUT2D eigenvalue weighted by Gasteiger charge is 2.27. The van der Waals surface area contributed by atoms with E-state index >= 15 is 0 Å². The zero-order valence-electron chi connectivity index (χ0n) is 11.6. The fourth-order valence-electron chi connectivity index (χ4n) is 1.38. The van der Waals surface area contributed by atoms with Crippen molar-refractivity contribution in [2.24, 2.45) is 4.40 Å². The van der Waals surface area contributed by atoms with Crippen LogP contribution in [0.1, 0.15) is 45.2 Å². The maximum atomic E-state index is 13.2. The molecule has 0 bridgehead atoms. The van der Waals surface area contributed by atoms with Crippen LogP contribution in [0.25, 0.3) is 0 Å². The monoisotopic (exact) mass is 269 g/mol. The first-order valence-electron chi connectivity index (χ1n) is 6.01. The van der Waals surface area contributed by atoms with Crippen molar-refractivity contribution in [2.45, 2.75) is 45.8 Å². The van der Waals surface area contributed by atoms with Gasteiger partial charge >= 0.3 is 0 Å². The molecule has 18 heavy (non-hydrogen) atoms. The Balaban J connectivity index is 3.10. The molecule has 1 unspecified atom stereocenters. The average molecular weight is 269 g/mol. The summed E-state index contributed by atoms with van der Waals surface area (Å²) in [4.78, 5) is 0. The molecular formula is C14H20FNOS. The van der Waals surface area contributed by atoms with E-state index in [1.165, 1.54) is 6.07 Å². The molecule has 1 atom stereocenters. The van der Waals surface area contributed by atoms with E-state index in [-0.39, 0.29) is 10.6 Å². The third-order valence-corrected chi connectivity index (χ3v) is 3.98. The van der Waals surface area contributed by atoms with Crippen LogP contribution in [-0.4, -0.2) is 15.0 Å². The van der Waals surface area contributed by atoms with Gasteiger partial charge in [0.15, 0.2) is 0 Å². The summed E-state index contributed by atoms with van der Waals surface area (Å²) in [6.45, 7) is 9.33. The lowest BCUT2D eigenvalue weighted by atomic mass is 10.1. The fraction of sp³-hybridized carbons (Fsp3) is 0.500. The SMILES string of the molecule is CC/C(=N/[S+]([O-])C(C)(C)C)c1ccc(F)c(C)c1. The van der Waals surface area contributed by atoms with Crippen LogP contribution in [0.5, 0.6) is 0 Å². The molecule has 2 nitrogen and oxygen atoms in total. The lowest BCUT2D eigenvalue weighted by Crippen LogP contribution is -2.27. The van der Waals surface area contributed by atoms with Crippen LogP contribution in [0.3, 0.4) is 0 Å². The van der Waals surface area contributed by atoms with Crippen molar-refractivity contribution in [2.75, 3.05) is 0 Å². The maximum Gasteiger partial charge on any atom is 0.144 e. The van der Waals surface area contributed by atoms with Gasteiger partial charge in [0.05, 0.1) is 5.71 Å². The van der Waals surface area contributed by atoms with Gasteiger partial charge in [-0.2, -0.15) is 0 Å². The smallest absolute Gasteiger partial charge is 0.144 e. The molecule has 1 aromatic rings. The molecule has 0 amide bonds. The van der Waals surface area contributed by atoms with Gasteiger partial charge in [-0.1, -0.05) is 17.4 Å². The molecule has 0 N–H and O–H groups in total. The Morgan fingerprint density at radius 3 is 2.44 bits per heavy atom. The molecule has 4 heteroatoms. The largest absolute Gasteiger partial charge is 0.591 e. The minimum absolute atomic E-state index is 0.230. The minimum atomic E-state index is -1.29. The molecule has 0 saturated heterocycles. The predicted octanol–water partition coefficient (Wildman–Crippen LogP) is 3.80. The number of hydrogen-bond acceptors (Lipinski definition) is 2. The number of hydrogen-bond donors (Lipinski definition) is 0. The second-order valence-corrected chi connectivity index (χ2v) is 7.12. The Hall–Kier alpha value is -0.870. The van der Waals surface area contributed by atoms with E-state index in [0.29, 0.717) is 12.0 Å². The molecule has 1 rings (SSSR count). The van der Waals surface area contributed by atoms with Crippen LogP contribution in [0, 0.1) is 12.7 Å². The molecular weight excluding hydrogens is 249 g/mol. The average Bonchev–Trinajstić information content (AvgIpc) is 2.28. The second kappa shape index (κ2) is 5.85. The van der Waals surface area contributed by atoms with E-state index in [0.717, 1.165) is 11.3 Å². The van der Waals surface area contributed by atoms with Gasteiger partial charge in [-0.3, -0.25) is 0 Å². The Morgan fingerprint density at radius 1 is 1.39 bits per heavy atom. The Morgan fingerprint density at radius 2 is 2.00 bits per heavy atom. The number of aryl methyl sites for hydroxylation is 1. The van der Waals surface area contributed by atoms with Crippen molar-refractivity contribution in [1.82, 2.24) is 0 Å². The number of nitrogens with zero attached hydrogens (tertiary/aromatic N) is 1. The summed E-state index contributed by atoms with van der Waals surface area (Å²) in [7, 11) is 0. The molecule has 0 aliphatic carbocycles. The second-order valence-electron chi connectivity index (χ2n) is 5.22. The van der Waals surface area contributed by atoms with E-state index in [2.05, 4.69) is 4.40 Å². The lowest BCUT2D eigenvalue weighted by molar-refractivity contribution is 0.561. The van der Waals surface area contributed by atoms with Gasteiger partial charge in [-0.05, 0) is 51.8 Å². The summed E-state index contributed by atoms with van der Waals surface area (Å²) >= 11 is -1.29. The van der Waals surface area contributed by atoms with Crippen LogP contribution in [0.2, 0.25) is 0 Å². The highest BCUT2D eigenvalue weighted by atomic mass is 32.2. The van der Waals surface area contributed by atoms with Gasteiger partial charge < -0.3 is 4.55 Å². The standard InChI is InChI=1S/C14H20FNOS/c1-6-13(16-18(17)14(3,4)5)11-7-8-12(15)10(2)9-11/h7-9H,6H2,1-5H3/b16-13-. The van der Waals surface area contributed by atoms with Gasteiger partial charge in [0.1, 0.15) is 21.9 Å². The molecule has 0 heterocycles. The van der Waals surface area contributed by atoms with E-state index < -0.39 is 11.4 Å². The first-order valence-corrected chi connectivity index (χ1v) is 7.12. The molecule has 0 aliphatic rings. The Kier molecular flexibility index (Phi) is 4.93. The number of benzene rings is 1. The summed E-state index contributed by atoms with van der Waals surface area (Å²) in [5.74, 6) is -0.230. The van der Waals surface area contributed by atoms with Gasteiger partial charge in [0.25, 0.3) is 0 Å².